The Kier molecular flexibility index (Phi) is 3.21. The van der Waals surface area contributed by atoms with Gasteiger partial charge in [0.2, 0.25) is 0 Å². The molecule has 0 aliphatic rings. The number of carbonyl (C=O) groups is 1. The lowest BCUT2D eigenvalue weighted by Crippen LogP contribution is -2.13. The number of nitrogen functional groups attached to an aromatic ring is 1. The Bertz CT molecular complexity index is 554. The minimum absolute atomic E-state index is 0.165. The summed E-state index contributed by atoms with van der Waals surface area (Å²) in [5.41, 5.74) is 6.18. The van der Waals surface area contributed by atoms with Gasteiger partial charge < -0.3 is 11.1 Å². The fourth-order valence-electron chi connectivity index (χ4n) is 1.29. The Morgan fingerprint density at radius 2 is 2.18 bits per heavy atom. The summed E-state index contributed by atoms with van der Waals surface area (Å²) in [6.07, 6.45) is 1.52. The van der Waals surface area contributed by atoms with Crippen LogP contribution in [-0.4, -0.2) is 16.1 Å². The van der Waals surface area contributed by atoms with E-state index in [0.29, 0.717) is 11.5 Å². The molecule has 7 heteroatoms. The van der Waals surface area contributed by atoms with E-state index in [1.807, 2.05) is 0 Å². The summed E-state index contributed by atoms with van der Waals surface area (Å²) in [6, 6.07) is 4.55. The van der Waals surface area contributed by atoms with Crippen molar-refractivity contribution in [1.82, 2.24) is 10.2 Å². The summed E-state index contributed by atoms with van der Waals surface area (Å²) in [7, 11) is 0. The predicted molar refractivity (Wildman–Crippen MR) is 67.4 cm³/mol. The van der Waals surface area contributed by atoms with Gasteiger partial charge in [-0.2, -0.15) is 5.10 Å². The number of halogens is 2. The summed E-state index contributed by atoms with van der Waals surface area (Å²) in [6.45, 7) is 0. The molecule has 0 atom stereocenters. The molecule has 5 nitrogen and oxygen atoms in total. The Morgan fingerprint density at radius 3 is 2.82 bits per heavy atom. The van der Waals surface area contributed by atoms with Crippen molar-refractivity contribution in [3.05, 3.63) is 40.0 Å². The molecule has 0 radical (unpaired) electrons. The van der Waals surface area contributed by atoms with E-state index in [1.54, 1.807) is 6.07 Å². The van der Waals surface area contributed by atoms with E-state index in [2.05, 4.69) is 15.5 Å². The van der Waals surface area contributed by atoms with Gasteiger partial charge in [0.15, 0.2) is 0 Å². The minimum Gasteiger partial charge on any atom is -0.399 e. The number of nitrogens with one attached hydrogen (secondary N) is 2. The molecular formula is C10H8Cl2N4O. The molecule has 0 bridgehead atoms. The molecular weight excluding hydrogens is 263 g/mol. The maximum atomic E-state index is 11.9. The van der Waals surface area contributed by atoms with E-state index in [-0.39, 0.29) is 15.6 Å². The second kappa shape index (κ2) is 4.65. The fourth-order valence-corrected chi connectivity index (χ4v) is 1.71. The van der Waals surface area contributed by atoms with Crippen LogP contribution in [0.2, 0.25) is 10.0 Å². The summed E-state index contributed by atoms with van der Waals surface area (Å²) >= 11 is 11.8. The lowest BCUT2D eigenvalue weighted by Gasteiger charge is -2.07. The zero-order chi connectivity index (χ0) is 12.4. The van der Waals surface area contributed by atoms with E-state index >= 15 is 0 Å². The molecule has 4 N–H and O–H groups in total. The largest absolute Gasteiger partial charge is 0.399 e. The van der Waals surface area contributed by atoms with Crippen LogP contribution in [-0.2, 0) is 0 Å². The van der Waals surface area contributed by atoms with E-state index in [4.69, 9.17) is 28.9 Å². The van der Waals surface area contributed by atoms with E-state index < -0.39 is 5.91 Å². The first-order valence-corrected chi connectivity index (χ1v) is 5.39. The highest BCUT2D eigenvalue weighted by Crippen LogP contribution is 2.29. The molecule has 0 aliphatic carbocycles. The highest BCUT2D eigenvalue weighted by Gasteiger charge is 2.14. The summed E-state index contributed by atoms with van der Waals surface area (Å²) in [4.78, 5) is 11.9. The molecule has 0 aliphatic heterocycles. The smallest absolute Gasteiger partial charge is 0.258 e. The number of amides is 1. The maximum absolute atomic E-state index is 11.9. The molecule has 0 saturated carbocycles. The minimum atomic E-state index is -0.409. The maximum Gasteiger partial charge on any atom is 0.258 e. The van der Waals surface area contributed by atoms with Crippen LogP contribution in [0.25, 0.3) is 0 Å². The van der Waals surface area contributed by atoms with Crippen molar-refractivity contribution in [1.29, 1.82) is 0 Å². The number of rotatable bonds is 2. The summed E-state index contributed by atoms with van der Waals surface area (Å²) in [5, 5.41) is 9.28. The first-order valence-electron chi connectivity index (χ1n) is 4.63. The number of hydrogen-bond acceptors (Lipinski definition) is 3. The van der Waals surface area contributed by atoms with E-state index in [1.165, 1.54) is 18.3 Å². The van der Waals surface area contributed by atoms with Crippen molar-refractivity contribution in [2.75, 3.05) is 11.1 Å². The Morgan fingerprint density at radius 1 is 1.41 bits per heavy atom. The van der Waals surface area contributed by atoms with Gasteiger partial charge in [-0.1, -0.05) is 23.2 Å². The van der Waals surface area contributed by atoms with Gasteiger partial charge in [0, 0.05) is 11.8 Å². The third-order valence-electron chi connectivity index (χ3n) is 2.04. The molecule has 2 rings (SSSR count). The summed E-state index contributed by atoms with van der Waals surface area (Å²) in [5.74, 6) is 0.0538. The van der Waals surface area contributed by atoms with Crippen molar-refractivity contribution in [3.63, 3.8) is 0 Å². The van der Waals surface area contributed by atoms with Crippen LogP contribution in [0.4, 0.5) is 11.5 Å². The second-order valence-corrected chi connectivity index (χ2v) is 4.07. The zero-order valence-corrected chi connectivity index (χ0v) is 10.0. The molecule has 1 amide bonds. The Labute approximate surface area is 107 Å². The molecule has 88 valence electrons. The molecule has 2 aromatic rings. The van der Waals surface area contributed by atoms with Gasteiger partial charge in [-0.05, 0) is 12.1 Å². The normalized spacial score (nSPS) is 10.2. The van der Waals surface area contributed by atoms with Crippen LogP contribution >= 0.6 is 23.2 Å². The zero-order valence-electron chi connectivity index (χ0n) is 8.50. The lowest BCUT2D eigenvalue weighted by molar-refractivity contribution is 0.102. The number of carbonyl (C=O) groups excluding carboxylic acids is 1. The molecule has 17 heavy (non-hydrogen) atoms. The number of nitrogens with two attached hydrogens (primary N) is 1. The van der Waals surface area contributed by atoms with Crippen molar-refractivity contribution >= 4 is 40.6 Å². The number of anilines is 2. The van der Waals surface area contributed by atoms with E-state index in [0.717, 1.165) is 0 Å². The van der Waals surface area contributed by atoms with Gasteiger partial charge in [0.25, 0.3) is 5.91 Å². The fraction of sp³-hybridized carbons (Fsp3) is 0. The number of hydrogen-bond donors (Lipinski definition) is 3. The second-order valence-electron chi connectivity index (χ2n) is 3.29. The topological polar surface area (TPSA) is 83.8 Å². The highest BCUT2D eigenvalue weighted by atomic mass is 35.5. The van der Waals surface area contributed by atoms with Gasteiger partial charge in [-0.3, -0.25) is 9.89 Å². The predicted octanol–water partition coefficient (Wildman–Crippen LogP) is 2.55. The number of aromatic amines is 1. The quantitative estimate of drug-likeness (QED) is 0.734. The van der Waals surface area contributed by atoms with Crippen LogP contribution < -0.4 is 11.1 Å². The first-order chi connectivity index (χ1) is 8.08. The third kappa shape index (κ3) is 2.51. The average Bonchev–Trinajstić information content (AvgIpc) is 2.76. The molecule has 0 unspecified atom stereocenters. The molecule has 1 heterocycles. The number of aromatic nitrogens is 2. The van der Waals surface area contributed by atoms with Gasteiger partial charge >= 0.3 is 0 Å². The van der Waals surface area contributed by atoms with E-state index in [9.17, 15) is 4.79 Å². The molecule has 0 fully saturated rings. The van der Waals surface area contributed by atoms with Crippen LogP contribution in [0.15, 0.2) is 24.4 Å². The van der Waals surface area contributed by atoms with Crippen molar-refractivity contribution in [2.24, 2.45) is 0 Å². The summed E-state index contributed by atoms with van der Waals surface area (Å²) < 4.78 is 0. The van der Waals surface area contributed by atoms with Crippen molar-refractivity contribution in [2.45, 2.75) is 0 Å². The lowest BCUT2D eigenvalue weighted by atomic mass is 10.2. The molecule has 0 saturated heterocycles. The third-order valence-corrected chi connectivity index (χ3v) is 2.85. The SMILES string of the molecule is Nc1cc(Cl)c(Cl)c(C(=O)Nc2ccn[nH]2)c1. The number of nitrogens with zero attached hydrogens (tertiary/aromatic N) is 1. The monoisotopic (exact) mass is 270 g/mol. The highest BCUT2D eigenvalue weighted by molar-refractivity contribution is 6.44. The van der Waals surface area contributed by atoms with Crippen LogP contribution in [0.5, 0.6) is 0 Å². The van der Waals surface area contributed by atoms with Gasteiger partial charge in [-0.25, -0.2) is 0 Å². The number of benzene rings is 1. The van der Waals surface area contributed by atoms with Crippen LogP contribution in [0.1, 0.15) is 10.4 Å². The molecule has 1 aromatic carbocycles. The van der Waals surface area contributed by atoms with Crippen molar-refractivity contribution < 1.29 is 4.79 Å². The first kappa shape index (κ1) is 11.8. The van der Waals surface area contributed by atoms with Crippen LogP contribution in [0, 0.1) is 0 Å². The van der Waals surface area contributed by atoms with Crippen LogP contribution in [0.3, 0.4) is 0 Å². The van der Waals surface area contributed by atoms with Gasteiger partial charge in [0.1, 0.15) is 5.82 Å². The van der Waals surface area contributed by atoms with Gasteiger partial charge in [-0.15, -0.1) is 0 Å². The Hall–Kier alpha value is -1.72. The number of H-pyrrole nitrogens is 1. The standard InChI is InChI=1S/C10H8Cl2N4O/c11-7-4-5(13)3-6(9(7)12)10(17)15-8-1-2-14-16-8/h1-4H,13H2,(H2,14,15,16,17). The molecule has 1 aromatic heterocycles. The van der Waals surface area contributed by atoms with Crippen molar-refractivity contribution in [3.8, 4) is 0 Å². The Balaban J connectivity index is 2.31. The molecule has 0 spiro atoms. The van der Waals surface area contributed by atoms with Gasteiger partial charge in [0.05, 0.1) is 21.8 Å². The average molecular weight is 271 g/mol.